The first-order chi connectivity index (χ1) is 8.34. The van der Waals surface area contributed by atoms with Crippen LogP contribution in [0.3, 0.4) is 0 Å². The van der Waals surface area contributed by atoms with Gasteiger partial charge in [0.1, 0.15) is 0 Å². The molecule has 1 atom stereocenters. The number of aliphatic hydroxyl groups excluding tert-OH is 1. The molecule has 0 aliphatic heterocycles. The largest absolute Gasteiger partial charge is 0.393 e. The number of pyridine rings is 2. The fourth-order valence-electron chi connectivity index (χ4n) is 1.75. The molecule has 1 N–H and O–H groups in total. The third-order valence-corrected chi connectivity index (χ3v) is 2.68. The number of aromatic nitrogens is 2. The SMILES string of the molecule is OC(CCc1ccccn1)Cc1ccncc1. The molecule has 3 heteroatoms. The van der Waals surface area contributed by atoms with Gasteiger partial charge >= 0.3 is 0 Å². The summed E-state index contributed by atoms with van der Waals surface area (Å²) in [4.78, 5) is 8.19. The van der Waals surface area contributed by atoms with Crippen molar-refractivity contribution in [3.05, 3.63) is 60.2 Å². The van der Waals surface area contributed by atoms with Crippen molar-refractivity contribution in [2.24, 2.45) is 0 Å². The second-order valence-electron chi connectivity index (χ2n) is 4.07. The van der Waals surface area contributed by atoms with E-state index in [9.17, 15) is 5.11 Å². The van der Waals surface area contributed by atoms with Gasteiger partial charge in [0, 0.05) is 24.3 Å². The number of aliphatic hydroxyl groups is 1. The fourth-order valence-corrected chi connectivity index (χ4v) is 1.75. The number of hydrogen-bond acceptors (Lipinski definition) is 3. The van der Waals surface area contributed by atoms with Crippen LogP contribution in [0.25, 0.3) is 0 Å². The Kier molecular flexibility index (Phi) is 4.22. The summed E-state index contributed by atoms with van der Waals surface area (Å²) >= 11 is 0. The highest BCUT2D eigenvalue weighted by Gasteiger charge is 2.06. The van der Waals surface area contributed by atoms with E-state index in [-0.39, 0.29) is 6.10 Å². The van der Waals surface area contributed by atoms with E-state index in [0.717, 1.165) is 24.1 Å². The molecule has 2 aromatic heterocycles. The first-order valence-corrected chi connectivity index (χ1v) is 5.81. The Labute approximate surface area is 101 Å². The van der Waals surface area contributed by atoms with Crippen molar-refractivity contribution in [3.8, 4) is 0 Å². The molecular weight excluding hydrogens is 212 g/mol. The maximum absolute atomic E-state index is 9.92. The fraction of sp³-hybridized carbons (Fsp3) is 0.286. The van der Waals surface area contributed by atoms with Gasteiger partial charge in [-0.05, 0) is 49.1 Å². The zero-order chi connectivity index (χ0) is 11.9. The molecule has 0 aromatic carbocycles. The molecule has 0 aliphatic carbocycles. The molecule has 2 aromatic rings. The van der Waals surface area contributed by atoms with Crippen molar-refractivity contribution in [2.45, 2.75) is 25.4 Å². The Bertz CT molecular complexity index is 430. The van der Waals surface area contributed by atoms with Crippen molar-refractivity contribution in [2.75, 3.05) is 0 Å². The molecule has 0 aliphatic rings. The van der Waals surface area contributed by atoms with E-state index in [1.165, 1.54) is 0 Å². The first-order valence-electron chi connectivity index (χ1n) is 5.81. The molecule has 2 heterocycles. The van der Waals surface area contributed by atoms with Crippen LogP contribution in [0.1, 0.15) is 17.7 Å². The normalized spacial score (nSPS) is 12.3. The molecule has 3 nitrogen and oxygen atoms in total. The highest BCUT2D eigenvalue weighted by atomic mass is 16.3. The Balaban J connectivity index is 1.80. The van der Waals surface area contributed by atoms with Gasteiger partial charge in [-0.2, -0.15) is 0 Å². The van der Waals surface area contributed by atoms with E-state index in [1.807, 2.05) is 30.3 Å². The average molecular weight is 228 g/mol. The van der Waals surface area contributed by atoms with Crippen molar-refractivity contribution in [1.29, 1.82) is 0 Å². The van der Waals surface area contributed by atoms with E-state index >= 15 is 0 Å². The van der Waals surface area contributed by atoms with E-state index < -0.39 is 0 Å². The zero-order valence-corrected chi connectivity index (χ0v) is 9.66. The smallest absolute Gasteiger partial charge is 0.0584 e. The van der Waals surface area contributed by atoms with Gasteiger partial charge in [0.15, 0.2) is 0 Å². The van der Waals surface area contributed by atoms with Gasteiger partial charge in [-0.25, -0.2) is 0 Å². The zero-order valence-electron chi connectivity index (χ0n) is 9.66. The molecule has 1 unspecified atom stereocenters. The van der Waals surface area contributed by atoms with Crippen LogP contribution in [0.5, 0.6) is 0 Å². The van der Waals surface area contributed by atoms with Gasteiger partial charge in [-0.1, -0.05) is 6.07 Å². The van der Waals surface area contributed by atoms with Gasteiger partial charge < -0.3 is 5.11 Å². The lowest BCUT2D eigenvalue weighted by Crippen LogP contribution is -2.12. The summed E-state index contributed by atoms with van der Waals surface area (Å²) in [5, 5.41) is 9.92. The van der Waals surface area contributed by atoms with Crippen LogP contribution in [0.15, 0.2) is 48.9 Å². The van der Waals surface area contributed by atoms with E-state index in [0.29, 0.717) is 6.42 Å². The summed E-state index contributed by atoms with van der Waals surface area (Å²) in [7, 11) is 0. The van der Waals surface area contributed by atoms with E-state index in [2.05, 4.69) is 9.97 Å². The number of nitrogens with zero attached hydrogens (tertiary/aromatic N) is 2. The van der Waals surface area contributed by atoms with E-state index in [4.69, 9.17) is 0 Å². The third-order valence-electron chi connectivity index (χ3n) is 2.68. The predicted molar refractivity (Wildman–Crippen MR) is 66.5 cm³/mol. The molecule has 88 valence electrons. The van der Waals surface area contributed by atoms with Crippen molar-refractivity contribution in [3.63, 3.8) is 0 Å². The minimum atomic E-state index is -0.320. The van der Waals surface area contributed by atoms with Gasteiger partial charge in [0.25, 0.3) is 0 Å². The van der Waals surface area contributed by atoms with Gasteiger partial charge in [-0.15, -0.1) is 0 Å². The first kappa shape index (κ1) is 11.7. The molecule has 0 radical (unpaired) electrons. The summed E-state index contributed by atoms with van der Waals surface area (Å²) < 4.78 is 0. The number of rotatable bonds is 5. The lowest BCUT2D eigenvalue weighted by Gasteiger charge is -2.09. The molecule has 0 saturated heterocycles. The van der Waals surface area contributed by atoms with Gasteiger partial charge in [-0.3, -0.25) is 9.97 Å². The summed E-state index contributed by atoms with van der Waals surface area (Å²) in [5.41, 5.74) is 2.15. The Morgan fingerprint density at radius 1 is 1.06 bits per heavy atom. The van der Waals surface area contributed by atoms with Crippen LogP contribution in [0.2, 0.25) is 0 Å². The van der Waals surface area contributed by atoms with Crippen molar-refractivity contribution < 1.29 is 5.11 Å². The number of aryl methyl sites for hydroxylation is 1. The van der Waals surface area contributed by atoms with Crippen molar-refractivity contribution >= 4 is 0 Å². The highest BCUT2D eigenvalue weighted by Crippen LogP contribution is 2.07. The quantitative estimate of drug-likeness (QED) is 0.851. The number of hydrogen-bond donors (Lipinski definition) is 1. The maximum Gasteiger partial charge on any atom is 0.0584 e. The minimum Gasteiger partial charge on any atom is -0.393 e. The molecule has 0 spiro atoms. The topological polar surface area (TPSA) is 46.0 Å². The standard InChI is InChI=1S/C14H16N2O/c17-14(11-12-6-9-15-10-7-12)5-4-13-3-1-2-8-16-13/h1-3,6-10,14,17H,4-5,11H2. The lowest BCUT2D eigenvalue weighted by molar-refractivity contribution is 0.165. The summed E-state index contributed by atoms with van der Waals surface area (Å²) in [6.45, 7) is 0. The lowest BCUT2D eigenvalue weighted by atomic mass is 10.0. The molecule has 0 amide bonds. The molecule has 0 bridgehead atoms. The van der Waals surface area contributed by atoms with Crippen LogP contribution in [-0.4, -0.2) is 21.2 Å². The Morgan fingerprint density at radius 2 is 1.88 bits per heavy atom. The molecule has 17 heavy (non-hydrogen) atoms. The maximum atomic E-state index is 9.92. The molecule has 0 fully saturated rings. The summed E-state index contributed by atoms with van der Waals surface area (Å²) in [5.74, 6) is 0. The Morgan fingerprint density at radius 3 is 2.59 bits per heavy atom. The summed E-state index contributed by atoms with van der Waals surface area (Å²) in [6.07, 6.45) is 7.19. The molecular formula is C14H16N2O. The second-order valence-corrected chi connectivity index (χ2v) is 4.07. The van der Waals surface area contributed by atoms with Gasteiger partial charge in [0.05, 0.1) is 6.10 Å². The third kappa shape index (κ3) is 3.96. The highest BCUT2D eigenvalue weighted by molar-refractivity contribution is 5.11. The monoisotopic (exact) mass is 228 g/mol. The second kappa shape index (κ2) is 6.11. The van der Waals surface area contributed by atoms with Crippen LogP contribution in [-0.2, 0) is 12.8 Å². The predicted octanol–water partition coefficient (Wildman–Crippen LogP) is 2.01. The van der Waals surface area contributed by atoms with Crippen LogP contribution in [0.4, 0.5) is 0 Å². The van der Waals surface area contributed by atoms with Crippen LogP contribution in [0, 0.1) is 0 Å². The van der Waals surface area contributed by atoms with E-state index in [1.54, 1.807) is 18.6 Å². The van der Waals surface area contributed by atoms with Crippen molar-refractivity contribution in [1.82, 2.24) is 9.97 Å². The average Bonchev–Trinajstić information content (AvgIpc) is 2.39. The molecule has 0 saturated carbocycles. The van der Waals surface area contributed by atoms with Crippen LogP contribution >= 0.6 is 0 Å². The Hall–Kier alpha value is -1.74. The molecule has 2 rings (SSSR count). The summed E-state index contributed by atoms with van der Waals surface area (Å²) in [6, 6.07) is 9.72. The van der Waals surface area contributed by atoms with Gasteiger partial charge in [0.2, 0.25) is 0 Å². The van der Waals surface area contributed by atoms with Crippen LogP contribution < -0.4 is 0 Å². The minimum absolute atomic E-state index is 0.320.